The molecule has 0 aliphatic heterocycles. The Labute approximate surface area is 121 Å². The first kappa shape index (κ1) is 16.5. The quantitative estimate of drug-likeness (QED) is 0.842. The van der Waals surface area contributed by atoms with Crippen LogP contribution >= 0.6 is 0 Å². The number of hydrogen-bond donors (Lipinski definition) is 1. The summed E-state index contributed by atoms with van der Waals surface area (Å²) in [5.41, 5.74) is 7.54. The van der Waals surface area contributed by atoms with Crippen LogP contribution in [-0.2, 0) is 10.0 Å². The maximum absolute atomic E-state index is 12.7. The third-order valence-electron chi connectivity index (χ3n) is 3.13. The Hall–Kier alpha value is -1.58. The molecule has 0 spiro atoms. The Kier molecular flexibility index (Phi) is 5.15. The van der Waals surface area contributed by atoms with E-state index in [1.54, 1.807) is 39.8 Å². The van der Waals surface area contributed by atoms with Gasteiger partial charge in [0.25, 0.3) is 0 Å². The molecule has 1 rings (SSSR count). The maximum atomic E-state index is 12.7. The molecule has 1 aromatic rings. The third-order valence-corrected chi connectivity index (χ3v) is 5.38. The summed E-state index contributed by atoms with van der Waals surface area (Å²) in [7, 11) is -3.61. The van der Waals surface area contributed by atoms with E-state index in [1.165, 1.54) is 4.31 Å². The fourth-order valence-corrected chi connectivity index (χ4v) is 4.21. The lowest BCUT2D eigenvalue weighted by molar-refractivity contribution is 0.399. The highest BCUT2D eigenvalue weighted by Gasteiger charge is 2.27. The van der Waals surface area contributed by atoms with Crippen LogP contribution in [0.2, 0.25) is 0 Å². The largest absolute Gasteiger partial charge is 0.399 e. The molecule has 0 fully saturated rings. The first-order valence-electron chi connectivity index (χ1n) is 6.50. The zero-order valence-electron chi connectivity index (χ0n) is 12.3. The number of benzene rings is 1. The SMILES string of the molecule is CCN(CC(C)C#N)S(=O)(=O)c1c(C)cc(N)cc1C. The van der Waals surface area contributed by atoms with Crippen molar-refractivity contribution in [1.29, 1.82) is 5.26 Å². The molecule has 2 N–H and O–H groups in total. The normalized spacial score (nSPS) is 13.2. The van der Waals surface area contributed by atoms with Gasteiger partial charge in [-0.05, 0) is 44.0 Å². The number of nitrogen functional groups attached to an aromatic ring is 1. The van der Waals surface area contributed by atoms with Crippen molar-refractivity contribution < 1.29 is 8.42 Å². The van der Waals surface area contributed by atoms with E-state index >= 15 is 0 Å². The minimum Gasteiger partial charge on any atom is -0.399 e. The van der Waals surface area contributed by atoms with Gasteiger partial charge in [-0.2, -0.15) is 9.57 Å². The van der Waals surface area contributed by atoms with Gasteiger partial charge < -0.3 is 5.73 Å². The molecule has 5 nitrogen and oxygen atoms in total. The number of sulfonamides is 1. The molecule has 0 aliphatic rings. The summed E-state index contributed by atoms with van der Waals surface area (Å²) in [5.74, 6) is -0.348. The van der Waals surface area contributed by atoms with Gasteiger partial charge in [0.15, 0.2) is 0 Å². The highest BCUT2D eigenvalue weighted by Crippen LogP contribution is 2.26. The van der Waals surface area contributed by atoms with Gasteiger partial charge in [0.2, 0.25) is 10.0 Å². The molecule has 0 aromatic heterocycles. The van der Waals surface area contributed by atoms with Gasteiger partial charge in [-0.3, -0.25) is 0 Å². The van der Waals surface area contributed by atoms with Gasteiger partial charge in [0.1, 0.15) is 0 Å². The number of nitriles is 1. The van der Waals surface area contributed by atoms with Gasteiger partial charge in [0, 0.05) is 18.8 Å². The topological polar surface area (TPSA) is 87.2 Å². The molecule has 0 radical (unpaired) electrons. The third kappa shape index (κ3) is 3.30. The highest BCUT2D eigenvalue weighted by molar-refractivity contribution is 7.89. The van der Waals surface area contributed by atoms with Crippen LogP contribution in [0.4, 0.5) is 5.69 Å². The summed E-state index contributed by atoms with van der Waals surface area (Å²) in [5, 5.41) is 8.87. The van der Waals surface area contributed by atoms with Crippen LogP contribution in [0.3, 0.4) is 0 Å². The first-order valence-corrected chi connectivity index (χ1v) is 7.94. The lowest BCUT2D eigenvalue weighted by Gasteiger charge is -2.23. The summed E-state index contributed by atoms with van der Waals surface area (Å²) in [6.07, 6.45) is 0. The Morgan fingerprint density at radius 1 is 1.35 bits per heavy atom. The van der Waals surface area contributed by atoms with Crippen molar-refractivity contribution in [3.63, 3.8) is 0 Å². The van der Waals surface area contributed by atoms with Crippen molar-refractivity contribution in [1.82, 2.24) is 4.31 Å². The van der Waals surface area contributed by atoms with Crippen LogP contribution in [0.25, 0.3) is 0 Å². The molecule has 6 heteroatoms. The summed E-state index contributed by atoms with van der Waals surface area (Å²) >= 11 is 0. The monoisotopic (exact) mass is 295 g/mol. The van der Waals surface area contributed by atoms with Gasteiger partial charge in [0.05, 0.1) is 16.9 Å². The van der Waals surface area contributed by atoms with Crippen LogP contribution in [0.5, 0.6) is 0 Å². The summed E-state index contributed by atoms with van der Waals surface area (Å²) in [6.45, 7) is 7.47. The second kappa shape index (κ2) is 6.25. The van der Waals surface area contributed by atoms with Gasteiger partial charge in [-0.15, -0.1) is 0 Å². The number of nitrogens with two attached hydrogens (primary N) is 1. The minimum atomic E-state index is -3.61. The van der Waals surface area contributed by atoms with E-state index in [2.05, 4.69) is 6.07 Å². The van der Waals surface area contributed by atoms with Crippen molar-refractivity contribution in [2.45, 2.75) is 32.6 Å². The molecule has 0 saturated carbocycles. The number of hydrogen-bond acceptors (Lipinski definition) is 4. The van der Waals surface area contributed by atoms with E-state index in [-0.39, 0.29) is 12.5 Å². The summed E-state index contributed by atoms with van der Waals surface area (Å²) in [4.78, 5) is 0.290. The first-order chi connectivity index (χ1) is 9.23. The lowest BCUT2D eigenvalue weighted by Crippen LogP contribution is -2.35. The Balaban J connectivity index is 3.32. The summed E-state index contributed by atoms with van der Waals surface area (Å²) < 4.78 is 26.8. The minimum absolute atomic E-state index is 0.193. The molecule has 0 saturated heterocycles. The smallest absolute Gasteiger partial charge is 0.243 e. The lowest BCUT2D eigenvalue weighted by atomic mass is 10.1. The van der Waals surface area contributed by atoms with Crippen molar-refractivity contribution in [2.24, 2.45) is 5.92 Å². The van der Waals surface area contributed by atoms with Crippen molar-refractivity contribution in [3.8, 4) is 6.07 Å². The van der Waals surface area contributed by atoms with Crippen LogP contribution in [-0.4, -0.2) is 25.8 Å². The van der Waals surface area contributed by atoms with Gasteiger partial charge in [-0.1, -0.05) is 6.92 Å². The number of rotatable bonds is 5. The summed E-state index contributed by atoms with van der Waals surface area (Å²) in [6, 6.07) is 5.37. The second-order valence-electron chi connectivity index (χ2n) is 4.97. The molecular formula is C14H21N3O2S. The molecule has 0 heterocycles. The van der Waals surface area contributed by atoms with Crippen molar-refractivity contribution >= 4 is 15.7 Å². The number of aryl methyl sites for hydroxylation is 2. The van der Waals surface area contributed by atoms with Crippen molar-refractivity contribution in [3.05, 3.63) is 23.3 Å². The molecule has 110 valence electrons. The van der Waals surface area contributed by atoms with Crippen LogP contribution < -0.4 is 5.73 Å². The van der Waals surface area contributed by atoms with Crippen LogP contribution in [0, 0.1) is 31.1 Å². The van der Waals surface area contributed by atoms with E-state index in [1.807, 2.05) is 0 Å². The van der Waals surface area contributed by atoms with E-state index in [0.717, 1.165) is 0 Å². The standard InChI is InChI=1S/C14H21N3O2S/c1-5-17(9-10(2)8-15)20(18,19)14-11(3)6-13(16)7-12(14)4/h6-7,10H,5,9,16H2,1-4H3. The van der Waals surface area contributed by atoms with Gasteiger partial charge >= 0.3 is 0 Å². The average molecular weight is 295 g/mol. The van der Waals surface area contributed by atoms with E-state index < -0.39 is 10.0 Å². The molecular weight excluding hydrogens is 274 g/mol. The molecule has 1 aromatic carbocycles. The van der Waals surface area contributed by atoms with Gasteiger partial charge in [-0.25, -0.2) is 8.42 Å². The molecule has 1 unspecified atom stereocenters. The fraction of sp³-hybridized carbons (Fsp3) is 0.500. The Morgan fingerprint density at radius 3 is 2.25 bits per heavy atom. The van der Waals surface area contributed by atoms with E-state index in [4.69, 9.17) is 11.0 Å². The molecule has 1 atom stereocenters. The highest BCUT2D eigenvalue weighted by atomic mass is 32.2. The van der Waals surface area contributed by atoms with Crippen LogP contribution in [0.1, 0.15) is 25.0 Å². The van der Waals surface area contributed by atoms with E-state index in [9.17, 15) is 8.42 Å². The Morgan fingerprint density at radius 2 is 1.85 bits per heavy atom. The number of nitrogens with zero attached hydrogens (tertiary/aromatic N) is 2. The van der Waals surface area contributed by atoms with Crippen molar-refractivity contribution in [2.75, 3.05) is 18.8 Å². The zero-order chi connectivity index (χ0) is 15.5. The second-order valence-corrected chi connectivity index (χ2v) is 6.84. The average Bonchev–Trinajstić information content (AvgIpc) is 2.33. The maximum Gasteiger partial charge on any atom is 0.243 e. The Bertz CT molecular complexity index is 609. The predicted molar refractivity (Wildman–Crippen MR) is 79.5 cm³/mol. The fourth-order valence-electron chi connectivity index (χ4n) is 2.26. The molecule has 20 heavy (non-hydrogen) atoms. The zero-order valence-corrected chi connectivity index (χ0v) is 13.2. The van der Waals surface area contributed by atoms with E-state index in [0.29, 0.717) is 28.3 Å². The predicted octanol–water partition coefficient (Wildman–Crippen LogP) is 2.06. The van der Waals surface area contributed by atoms with Crippen LogP contribution in [0.15, 0.2) is 17.0 Å². The molecule has 0 amide bonds. The molecule has 0 bridgehead atoms. The molecule has 0 aliphatic carbocycles. The number of anilines is 1.